The van der Waals surface area contributed by atoms with Gasteiger partial charge in [0.1, 0.15) is 0 Å². The van der Waals surface area contributed by atoms with Crippen LogP contribution in [0.4, 0.5) is 0 Å². The molecule has 0 saturated heterocycles. The van der Waals surface area contributed by atoms with E-state index < -0.39 is 5.97 Å². The highest BCUT2D eigenvalue weighted by atomic mass is 16.4. The highest BCUT2D eigenvalue weighted by molar-refractivity contribution is 5.68. The van der Waals surface area contributed by atoms with Crippen molar-refractivity contribution in [1.29, 1.82) is 0 Å². The van der Waals surface area contributed by atoms with Crippen LogP contribution in [-0.2, 0) is 4.79 Å². The number of hydrogen-bond acceptors (Lipinski definition) is 2. The minimum Gasteiger partial charge on any atom is -0.480 e. The maximum absolute atomic E-state index is 10.2. The van der Waals surface area contributed by atoms with Crippen molar-refractivity contribution in [3.63, 3.8) is 0 Å². The Balaban J connectivity index is 3.68. The Labute approximate surface area is 80.5 Å². The molecule has 0 aliphatic carbocycles. The number of hydrogen-bond donors (Lipinski definition) is 2. The first-order valence-electron chi connectivity index (χ1n) is 4.76. The molecule has 0 fully saturated rings. The third kappa shape index (κ3) is 7.78. The molecule has 0 aromatic rings. The zero-order valence-corrected chi connectivity index (χ0v) is 9.05. The van der Waals surface area contributed by atoms with Crippen molar-refractivity contribution in [1.82, 2.24) is 5.32 Å². The standard InChI is InChI=1S/C10H21NO2/c1-8(2)5-10(3,4)7-11-6-9(12)13/h8,11H,5-7H2,1-4H3,(H,12,13). The van der Waals surface area contributed by atoms with E-state index in [0.29, 0.717) is 5.92 Å². The predicted molar refractivity (Wildman–Crippen MR) is 53.7 cm³/mol. The molecule has 0 aliphatic rings. The first-order valence-corrected chi connectivity index (χ1v) is 4.76. The van der Waals surface area contributed by atoms with Crippen LogP contribution in [0, 0.1) is 11.3 Å². The van der Waals surface area contributed by atoms with Crippen molar-refractivity contribution in [2.75, 3.05) is 13.1 Å². The lowest BCUT2D eigenvalue weighted by Gasteiger charge is -2.26. The molecule has 0 spiro atoms. The van der Waals surface area contributed by atoms with Crippen molar-refractivity contribution < 1.29 is 9.90 Å². The van der Waals surface area contributed by atoms with E-state index in [4.69, 9.17) is 5.11 Å². The van der Waals surface area contributed by atoms with Crippen LogP contribution in [0.15, 0.2) is 0 Å². The smallest absolute Gasteiger partial charge is 0.317 e. The lowest BCUT2D eigenvalue weighted by molar-refractivity contribution is -0.136. The second-order valence-corrected chi connectivity index (χ2v) is 4.76. The second-order valence-electron chi connectivity index (χ2n) is 4.76. The fraction of sp³-hybridized carbons (Fsp3) is 0.900. The second kappa shape index (κ2) is 5.22. The van der Waals surface area contributed by atoms with Crippen LogP contribution in [0.5, 0.6) is 0 Å². The lowest BCUT2D eigenvalue weighted by Crippen LogP contribution is -2.33. The molecule has 2 N–H and O–H groups in total. The molecule has 0 unspecified atom stereocenters. The number of nitrogens with one attached hydrogen (secondary N) is 1. The van der Waals surface area contributed by atoms with Crippen LogP contribution in [0.3, 0.4) is 0 Å². The predicted octanol–water partition coefficient (Wildman–Crippen LogP) is 1.73. The normalized spacial score (nSPS) is 12.1. The van der Waals surface area contributed by atoms with Crippen molar-refractivity contribution in [3.05, 3.63) is 0 Å². The molecule has 0 atom stereocenters. The fourth-order valence-corrected chi connectivity index (χ4v) is 1.69. The molecule has 0 aromatic carbocycles. The maximum Gasteiger partial charge on any atom is 0.317 e. The summed E-state index contributed by atoms with van der Waals surface area (Å²) in [5, 5.41) is 11.4. The van der Waals surface area contributed by atoms with E-state index in [2.05, 4.69) is 33.0 Å². The summed E-state index contributed by atoms with van der Waals surface area (Å²) < 4.78 is 0. The van der Waals surface area contributed by atoms with E-state index in [1.165, 1.54) is 0 Å². The molecular formula is C10H21NO2. The number of carboxylic acids is 1. The van der Waals surface area contributed by atoms with Gasteiger partial charge in [-0.25, -0.2) is 0 Å². The average molecular weight is 187 g/mol. The molecule has 0 aromatic heterocycles. The minimum atomic E-state index is -0.791. The quantitative estimate of drug-likeness (QED) is 0.666. The molecule has 3 nitrogen and oxygen atoms in total. The minimum absolute atomic E-state index is 0.0571. The fourth-order valence-electron chi connectivity index (χ4n) is 1.69. The number of aliphatic carboxylic acids is 1. The van der Waals surface area contributed by atoms with Crippen LogP contribution < -0.4 is 5.32 Å². The maximum atomic E-state index is 10.2. The Hall–Kier alpha value is -0.570. The molecule has 0 rings (SSSR count). The molecule has 3 heteroatoms. The van der Waals surface area contributed by atoms with Gasteiger partial charge in [-0.05, 0) is 17.8 Å². The van der Waals surface area contributed by atoms with Gasteiger partial charge in [0.25, 0.3) is 0 Å². The van der Waals surface area contributed by atoms with Gasteiger partial charge in [-0.15, -0.1) is 0 Å². The van der Waals surface area contributed by atoms with Crippen molar-refractivity contribution in [3.8, 4) is 0 Å². The topological polar surface area (TPSA) is 49.3 Å². The first kappa shape index (κ1) is 12.4. The molecule has 13 heavy (non-hydrogen) atoms. The Bertz CT molecular complexity index is 164. The first-order chi connectivity index (χ1) is 5.83. The van der Waals surface area contributed by atoms with Crippen molar-refractivity contribution in [2.45, 2.75) is 34.1 Å². The summed E-state index contributed by atoms with van der Waals surface area (Å²) in [6.07, 6.45) is 1.11. The number of rotatable bonds is 6. The van der Waals surface area contributed by atoms with Crippen molar-refractivity contribution in [2.24, 2.45) is 11.3 Å². The van der Waals surface area contributed by atoms with E-state index in [1.807, 2.05) is 0 Å². The van der Waals surface area contributed by atoms with Gasteiger partial charge in [-0.3, -0.25) is 4.79 Å². The zero-order valence-electron chi connectivity index (χ0n) is 9.05. The van der Waals surface area contributed by atoms with Crippen LogP contribution in [0.25, 0.3) is 0 Å². The van der Waals surface area contributed by atoms with Gasteiger partial charge in [0.05, 0.1) is 6.54 Å². The number of carbonyl (C=O) groups is 1. The summed E-state index contributed by atoms with van der Waals surface area (Å²) in [7, 11) is 0. The van der Waals surface area contributed by atoms with E-state index in [1.54, 1.807) is 0 Å². The summed E-state index contributed by atoms with van der Waals surface area (Å²) in [6, 6.07) is 0. The molecule has 0 saturated carbocycles. The summed E-state index contributed by atoms with van der Waals surface area (Å²) in [6.45, 7) is 9.49. The van der Waals surface area contributed by atoms with E-state index in [0.717, 1.165) is 13.0 Å². The Morgan fingerprint density at radius 2 is 2.00 bits per heavy atom. The Morgan fingerprint density at radius 3 is 2.38 bits per heavy atom. The van der Waals surface area contributed by atoms with Gasteiger partial charge < -0.3 is 10.4 Å². The molecule has 0 aliphatic heterocycles. The third-order valence-corrected chi connectivity index (χ3v) is 1.84. The van der Waals surface area contributed by atoms with E-state index in [9.17, 15) is 4.79 Å². The van der Waals surface area contributed by atoms with Gasteiger partial charge in [0.15, 0.2) is 0 Å². The molecule has 78 valence electrons. The van der Waals surface area contributed by atoms with Crippen molar-refractivity contribution >= 4 is 5.97 Å². The summed E-state index contributed by atoms with van der Waals surface area (Å²) in [5.41, 5.74) is 0.184. The van der Waals surface area contributed by atoms with Gasteiger partial charge in [-0.2, -0.15) is 0 Å². The van der Waals surface area contributed by atoms with Gasteiger partial charge in [0, 0.05) is 6.54 Å². The Kier molecular flexibility index (Phi) is 4.99. The highest BCUT2D eigenvalue weighted by Crippen LogP contribution is 2.23. The summed E-state index contributed by atoms with van der Waals surface area (Å²) >= 11 is 0. The third-order valence-electron chi connectivity index (χ3n) is 1.84. The largest absolute Gasteiger partial charge is 0.480 e. The van der Waals surface area contributed by atoms with Gasteiger partial charge in [-0.1, -0.05) is 27.7 Å². The summed E-state index contributed by atoms with van der Waals surface area (Å²) in [4.78, 5) is 10.2. The van der Waals surface area contributed by atoms with Crippen LogP contribution in [-0.4, -0.2) is 24.2 Å². The average Bonchev–Trinajstić information content (AvgIpc) is 1.81. The van der Waals surface area contributed by atoms with Crippen LogP contribution in [0.1, 0.15) is 34.1 Å². The molecule has 0 amide bonds. The summed E-state index contributed by atoms with van der Waals surface area (Å²) in [5.74, 6) is -0.137. The SMILES string of the molecule is CC(C)CC(C)(C)CNCC(=O)O. The van der Waals surface area contributed by atoms with Gasteiger partial charge >= 0.3 is 5.97 Å². The highest BCUT2D eigenvalue weighted by Gasteiger charge is 2.18. The lowest BCUT2D eigenvalue weighted by atomic mass is 9.84. The van der Waals surface area contributed by atoms with Crippen LogP contribution in [0.2, 0.25) is 0 Å². The molecule has 0 bridgehead atoms. The van der Waals surface area contributed by atoms with Gasteiger partial charge in [0.2, 0.25) is 0 Å². The Morgan fingerprint density at radius 1 is 1.46 bits per heavy atom. The molecular weight excluding hydrogens is 166 g/mol. The number of carboxylic acid groups (broad SMARTS) is 1. The molecule has 0 heterocycles. The molecule has 0 radical (unpaired) electrons. The van der Waals surface area contributed by atoms with E-state index >= 15 is 0 Å². The zero-order chi connectivity index (χ0) is 10.5. The van der Waals surface area contributed by atoms with E-state index in [-0.39, 0.29) is 12.0 Å². The monoisotopic (exact) mass is 187 g/mol. The van der Waals surface area contributed by atoms with Crippen LogP contribution >= 0.6 is 0 Å².